The summed E-state index contributed by atoms with van der Waals surface area (Å²) in [5, 5.41) is 0. The van der Waals surface area contributed by atoms with Gasteiger partial charge in [-0.05, 0) is 27.8 Å². The number of hydrogen-bond donors (Lipinski definition) is 0. The number of fused-ring (bicyclic) bond motifs is 2. The molecule has 0 aliphatic carbocycles. The third-order valence-corrected chi connectivity index (χ3v) is 3.40. The number of nitrogens with zero attached hydrogens (tertiary/aromatic N) is 2. The minimum absolute atomic E-state index is 0.0463. The maximum Gasteiger partial charge on any atom is 0.410 e. The molecule has 0 unspecified atom stereocenters. The van der Waals surface area contributed by atoms with Crippen molar-refractivity contribution < 1.29 is 14.3 Å². The van der Waals surface area contributed by atoms with Crippen LogP contribution >= 0.6 is 0 Å². The van der Waals surface area contributed by atoms with Gasteiger partial charge in [0, 0.05) is 38.0 Å². The molecule has 0 N–H and O–H groups in total. The number of Topliss-reactive ketones (excluding diaryl/α,β-unsaturated/α-hetero) is 1. The number of rotatable bonds is 0. The lowest BCUT2D eigenvalue weighted by Crippen LogP contribution is -2.58. The van der Waals surface area contributed by atoms with E-state index in [4.69, 9.17) is 4.74 Å². The second-order valence-electron chi connectivity index (χ2n) is 6.40. The van der Waals surface area contributed by atoms with Gasteiger partial charge in [-0.2, -0.15) is 0 Å². The van der Waals surface area contributed by atoms with Gasteiger partial charge in [-0.25, -0.2) is 4.79 Å². The van der Waals surface area contributed by atoms with Gasteiger partial charge in [0.2, 0.25) is 0 Å². The lowest BCUT2D eigenvalue weighted by Gasteiger charge is -2.43. The fourth-order valence-electron chi connectivity index (χ4n) is 2.72. The number of hydrogen-bond acceptors (Lipinski definition) is 4. The van der Waals surface area contributed by atoms with Crippen molar-refractivity contribution in [3.8, 4) is 0 Å². The fourth-order valence-corrected chi connectivity index (χ4v) is 2.72. The first-order valence-electron chi connectivity index (χ1n) is 6.46. The van der Waals surface area contributed by atoms with E-state index in [2.05, 4.69) is 4.90 Å². The van der Waals surface area contributed by atoms with Crippen LogP contribution in [-0.4, -0.2) is 60.5 Å². The summed E-state index contributed by atoms with van der Waals surface area (Å²) in [6, 6.07) is 0. The van der Waals surface area contributed by atoms with Crippen molar-refractivity contribution in [3.05, 3.63) is 0 Å². The number of ketones is 1. The van der Waals surface area contributed by atoms with Gasteiger partial charge in [-0.3, -0.25) is 4.79 Å². The molecule has 2 aliphatic rings. The molecule has 2 rings (SSSR count). The van der Waals surface area contributed by atoms with E-state index in [9.17, 15) is 9.59 Å². The molecule has 2 fully saturated rings. The summed E-state index contributed by atoms with van der Waals surface area (Å²) in [7, 11) is 2.02. The van der Waals surface area contributed by atoms with Crippen molar-refractivity contribution in [3.63, 3.8) is 0 Å². The number of ether oxygens (including phenoxy) is 1. The lowest BCUT2D eigenvalue weighted by molar-refractivity contribution is -0.136. The zero-order chi connectivity index (χ0) is 13.5. The van der Waals surface area contributed by atoms with Crippen molar-refractivity contribution in [1.82, 2.24) is 9.80 Å². The highest BCUT2D eigenvalue weighted by Crippen LogP contribution is 2.25. The van der Waals surface area contributed by atoms with Gasteiger partial charge in [0.25, 0.3) is 0 Å². The molecule has 0 radical (unpaired) electrons. The van der Waals surface area contributed by atoms with Crippen LogP contribution in [0, 0.1) is 11.8 Å². The predicted molar refractivity (Wildman–Crippen MR) is 67.3 cm³/mol. The highest BCUT2D eigenvalue weighted by molar-refractivity contribution is 5.87. The molecule has 0 aromatic rings. The van der Waals surface area contributed by atoms with Crippen molar-refractivity contribution in [2.24, 2.45) is 11.8 Å². The highest BCUT2D eigenvalue weighted by Gasteiger charge is 2.42. The monoisotopic (exact) mass is 254 g/mol. The van der Waals surface area contributed by atoms with Crippen LogP contribution in [-0.2, 0) is 9.53 Å². The zero-order valence-electron chi connectivity index (χ0n) is 11.6. The van der Waals surface area contributed by atoms with Crippen molar-refractivity contribution in [1.29, 1.82) is 0 Å². The van der Waals surface area contributed by atoms with Crippen LogP contribution in [0.15, 0.2) is 0 Å². The number of carbonyl (C=O) groups excluding carboxylic acids is 2. The van der Waals surface area contributed by atoms with E-state index in [1.165, 1.54) is 0 Å². The summed E-state index contributed by atoms with van der Waals surface area (Å²) in [6.45, 7) is 8.05. The molecule has 2 aliphatic heterocycles. The molecular formula is C13H22N2O3. The lowest BCUT2D eigenvalue weighted by atomic mass is 9.83. The minimum Gasteiger partial charge on any atom is -0.444 e. The Morgan fingerprint density at radius 3 is 2.11 bits per heavy atom. The smallest absolute Gasteiger partial charge is 0.410 e. The van der Waals surface area contributed by atoms with E-state index < -0.39 is 5.60 Å². The van der Waals surface area contributed by atoms with Gasteiger partial charge in [-0.15, -0.1) is 0 Å². The van der Waals surface area contributed by atoms with E-state index in [1.807, 2.05) is 27.8 Å². The molecule has 1 amide bonds. The molecule has 0 saturated carbocycles. The van der Waals surface area contributed by atoms with Gasteiger partial charge in [0.05, 0.1) is 0 Å². The number of piperidine rings is 2. The van der Waals surface area contributed by atoms with E-state index >= 15 is 0 Å². The number of carbonyl (C=O) groups is 2. The van der Waals surface area contributed by atoms with Crippen LogP contribution in [0.1, 0.15) is 20.8 Å². The topological polar surface area (TPSA) is 49.9 Å². The molecule has 2 atom stereocenters. The summed E-state index contributed by atoms with van der Waals surface area (Å²) >= 11 is 0. The first-order chi connectivity index (χ1) is 8.26. The average molecular weight is 254 g/mol. The molecule has 2 bridgehead atoms. The molecule has 18 heavy (non-hydrogen) atoms. The van der Waals surface area contributed by atoms with E-state index in [1.54, 1.807) is 4.90 Å². The maximum absolute atomic E-state index is 12.0. The molecule has 0 spiro atoms. The number of likely N-dealkylation sites (tertiary alicyclic amines) is 2. The quantitative estimate of drug-likeness (QED) is 0.646. The van der Waals surface area contributed by atoms with Crippen molar-refractivity contribution >= 4 is 11.9 Å². The summed E-state index contributed by atoms with van der Waals surface area (Å²) in [5.74, 6) is 0.220. The fraction of sp³-hybridized carbons (Fsp3) is 0.846. The Balaban J connectivity index is 2.02. The van der Waals surface area contributed by atoms with E-state index in [0.29, 0.717) is 18.9 Å². The largest absolute Gasteiger partial charge is 0.444 e. The summed E-state index contributed by atoms with van der Waals surface area (Å²) in [4.78, 5) is 27.9. The summed E-state index contributed by atoms with van der Waals surface area (Å²) in [6.07, 6.45) is -0.297. The molecule has 102 valence electrons. The third-order valence-electron chi connectivity index (χ3n) is 3.40. The molecule has 0 aromatic heterocycles. The number of amides is 1. The Labute approximate surface area is 108 Å². The highest BCUT2D eigenvalue weighted by atomic mass is 16.6. The van der Waals surface area contributed by atoms with Crippen LogP contribution in [0.4, 0.5) is 4.79 Å². The second-order valence-corrected chi connectivity index (χ2v) is 6.40. The normalized spacial score (nSPS) is 29.3. The van der Waals surface area contributed by atoms with Gasteiger partial charge in [0.1, 0.15) is 11.4 Å². The SMILES string of the molecule is CN1C[C@H]2CN(C(=O)OC(C)(C)C)C[C@H](C1)C2=O. The van der Waals surface area contributed by atoms with E-state index in [-0.39, 0.29) is 17.9 Å². The van der Waals surface area contributed by atoms with Crippen LogP contribution in [0.25, 0.3) is 0 Å². The Bertz CT molecular complexity index is 344. The average Bonchev–Trinajstić information content (AvgIpc) is 2.17. The van der Waals surface area contributed by atoms with E-state index in [0.717, 1.165) is 13.1 Å². The molecule has 2 saturated heterocycles. The van der Waals surface area contributed by atoms with Gasteiger partial charge in [0.15, 0.2) is 0 Å². The Morgan fingerprint density at radius 1 is 1.17 bits per heavy atom. The Morgan fingerprint density at radius 2 is 1.67 bits per heavy atom. The first kappa shape index (κ1) is 13.3. The molecule has 5 nitrogen and oxygen atoms in total. The molecule has 2 heterocycles. The molecule has 5 heteroatoms. The van der Waals surface area contributed by atoms with Crippen LogP contribution in [0.2, 0.25) is 0 Å². The maximum atomic E-state index is 12.0. The summed E-state index contributed by atoms with van der Waals surface area (Å²) < 4.78 is 5.37. The van der Waals surface area contributed by atoms with Crippen LogP contribution < -0.4 is 0 Å². The summed E-state index contributed by atoms with van der Waals surface area (Å²) in [5.41, 5.74) is -0.482. The van der Waals surface area contributed by atoms with Crippen molar-refractivity contribution in [2.45, 2.75) is 26.4 Å². The predicted octanol–water partition coefficient (Wildman–Crippen LogP) is 0.984. The standard InChI is InChI=1S/C13H22N2O3/c1-13(2,3)18-12(17)15-7-9-5-14(4)6-10(8-15)11(9)16/h9-10H,5-8H2,1-4H3/t9-,10-/m0/s1. The molecule has 0 aromatic carbocycles. The zero-order valence-corrected chi connectivity index (χ0v) is 11.6. The minimum atomic E-state index is -0.482. The van der Waals surface area contributed by atoms with Gasteiger partial charge in [-0.1, -0.05) is 0 Å². The van der Waals surface area contributed by atoms with Gasteiger partial charge >= 0.3 is 6.09 Å². The molecular weight excluding hydrogens is 232 g/mol. The second kappa shape index (κ2) is 4.53. The first-order valence-corrected chi connectivity index (χ1v) is 6.46. The third kappa shape index (κ3) is 2.83. The van der Waals surface area contributed by atoms with Gasteiger partial charge < -0.3 is 14.5 Å². The van der Waals surface area contributed by atoms with Crippen LogP contribution in [0.5, 0.6) is 0 Å². The van der Waals surface area contributed by atoms with Crippen LogP contribution in [0.3, 0.4) is 0 Å². The Hall–Kier alpha value is -1.10. The Kier molecular flexibility index (Phi) is 3.36. The van der Waals surface area contributed by atoms with Crippen molar-refractivity contribution in [2.75, 3.05) is 33.2 Å².